The molecule has 0 radical (unpaired) electrons. The molecule has 0 saturated heterocycles. The summed E-state index contributed by atoms with van der Waals surface area (Å²) in [4.78, 5) is 4.85. The van der Waals surface area contributed by atoms with Crippen molar-refractivity contribution in [2.24, 2.45) is 0 Å². The predicted molar refractivity (Wildman–Crippen MR) is 108 cm³/mol. The molecule has 144 valence electrons. The summed E-state index contributed by atoms with van der Waals surface area (Å²) in [7, 11) is 3.70. The highest BCUT2D eigenvalue weighted by molar-refractivity contribution is 5.91. The second-order valence-electron chi connectivity index (χ2n) is 6.78. The van der Waals surface area contributed by atoms with Gasteiger partial charge in [0.1, 0.15) is 18.5 Å². The van der Waals surface area contributed by atoms with E-state index in [4.69, 9.17) is 9.72 Å². The van der Waals surface area contributed by atoms with Crippen LogP contribution in [0.4, 0.5) is 5.69 Å². The minimum absolute atomic E-state index is 0.221. The third-order valence-corrected chi connectivity index (χ3v) is 4.34. The average Bonchev–Trinajstić information content (AvgIpc) is 3.10. The molecule has 0 amide bonds. The third-order valence-electron chi connectivity index (χ3n) is 4.34. The fourth-order valence-corrected chi connectivity index (χ4v) is 2.98. The van der Waals surface area contributed by atoms with E-state index >= 15 is 0 Å². The molecule has 7 nitrogen and oxygen atoms in total. The number of pyridine rings is 1. The molecule has 0 fully saturated rings. The van der Waals surface area contributed by atoms with Gasteiger partial charge in [-0.3, -0.25) is 0 Å². The molecule has 1 aromatic carbocycles. The van der Waals surface area contributed by atoms with Gasteiger partial charge in [0.15, 0.2) is 5.65 Å². The highest BCUT2D eigenvalue weighted by atomic mass is 16.5. The molecule has 1 unspecified atom stereocenters. The second kappa shape index (κ2) is 8.37. The standard InChI is InChI=1S/C20H27N5O2/c1-13(2)25-20-17(11-23-25)19(22-4)9-18(24-20)14-6-5-7-16(8-14)27-12-15(26)10-21-3/h5-9,11,13,15,21,26H,10,12H2,1-4H3,(H,22,24). The quantitative estimate of drug-likeness (QED) is 0.566. The first kappa shape index (κ1) is 19.1. The number of likely N-dealkylation sites (N-methyl/N-ethyl adjacent to an activating group) is 1. The first-order valence-electron chi connectivity index (χ1n) is 9.15. The zero-order valence-corrected chi connectivity index (χ0v) is 16.2. The summed E-state index contributed by atoms with van der Waals surface area (Å²) < 4.78 is 7.65. The van der Waals surface area contributed by atoms with Gasteiger partial charge in [0.05, 0.1) is 17.3 Å². The Kier molecular flexibility index (Phi) is 5.93. The van der Waals surface area contributed by atoms with Gasteiger partial charge in [-0.2, -0.15) is 5.10 Å². The monoisotopic (exact) mass is 369 g/mol. The van der Waals surface area contributed by atoms with Crippen molar-refractivity contribution in [1.82, 2.24) is 20.1 Å². The molecular weight excluding hydrogens is 342 g/mol. The van der Waals surface area contributed by atoms with Gasteiger partial charge < -0.3 is 20.5 Å². The van der Waals surface area contributed by atoms with E-state index < -0.39 is 6.10 Å². The summed E-state index contributed by atoms with van der Waals surface area (Å²) in [5.74, 6) is 0.702. The lowest BCUT2D eigenvalue weighted by Gasteiger charge is -2.13. The first-order chi connectivity index (χ1) is 13.0. The highest BCUT2D eigenvalue weighted by Crippen LogP contribution is 2.30. The van der Waals surface area contributed by atoms with Crippen molar-refractivity contribution in [2.75, 3.05) is 32.6 Å². The molecule has 2 heterocycles. The Morgan fingerprint density at radius 3 is 2.74 bits per heavy atom. The third kappa shape index (κ3) is 4.20. The van der Waals surface area contributed by atoms with Gasteiger partial charge in [0.25, 0.3) is 0 Å². The fraction of sp³-hybridized carbons (Fsp3) is 0.400. The van der Waals surface area contributed by atoms with Crippen LogP contribution in [0.15, 0.2) is 36.5 Å². The Hall–Kier alpha value is -2.64. The molecule has 27 heavy (non-hydrogen) atoms. The number of benzene rings is 1. The number of rotatable bonds is 8. The van der Waals surface area contributed by atoms with Crippen molar-refractivity contribution >= 4 is 16.7 Å². The Bertz CT molecular complexity index is 907. The molecule has 0 aliphatic heterocycles. The van der Waals surface area contributed by atoms with Crippen molar-refractivity contribution < 1.29 is 9.84 Å². The van der Waals surface area contributed by atoms with Gasteiger partial charge in [0.2, 0.25) is 0 Å². The van der Waals surface area contributed by atoms with E-state index in [0.29, 0.717) is 12.3 Å². The average molecular weight is 369 g/mol. The number of nitrogens with zero attached hydrogens (tertiary/aromatic N) is 3. The zero-order chi connectivity index (χ0) is 19.4. The van der Waals surface area contributed by atoms with E-state index in [9.17, 15) is 5.11 Å². The van der Waals surface area contributed by atoms with Crippen LogP contribution in [0.25, 0.3) is 22.3 Å². The van der Waals surface area contributed by atoms with Gasteiger partial charge in [-0.25, -0.2) is 9.67 Å². The normalized spacial score (nSPS) is 12.5. The van der Waals surface area contributed by atoms with Crippen LogP contribution in [0, 0.1) is 0 Å². The first-order valence-corrected chi connectivity index (χ1v) is 9.15. The molecule has 7 heteroatoms. The van der Waals surface area contributed by atoms with Crippen molar-refractivity contribution in [3.8, 4) is 17.0 Å². The van der Waals surface area contributed by atoms with Crippen LogP contribution in [0.3, 0.4) is 0 Å². The topological polar surface area (TPSA) is 84.2 Å². The summed E-state index contributed by atoms with van der Waals surface area (Å²) in [6.45, 7) is 4.90. The van der Waals surface area contributed by atoms with Gasteiger partial charge in [-0.15, -0.1) is 0 Å². The lowest BCUT2D eigenvalue weighted by molar-refractivity contribution is 0.108. The van der Waals surface area contributed by atoms with Crippen LogP contribution >= 0.6 is 0 Å². The van der Waals surface area contributed by atoms with E-state index in [2.05, 4.69) is 29.6 Å². The minimum Gasteiger partial charge on any atom is -0.491 e. The molecule has 3 rings (SSSR count). The summed E-state index contributed by atoms with van der Waals surface area (Å²) in [6.07, 6.45) is 1.30. The molecule has 0 aliphatic rings. The Morgan fingerprint density at radius 1 is 1.22 bits per heavy atom. The van der Waals surface area contributed by atoms with Crippen molar-refractivity contribution in [3.63, 3.8) is 0 Å². The molecule has 0 spiro atoms. The summed E-state index contributed by atoms with van der Waals surface area (Å²) in [5.41, 5.74) is 3.63. The molecule has 0 aliphatic carbocycles. The number of anilines is 1. The molecule has 0 bridgehead atoms. The van der Waals surface area contributed by atoms with E-state index in [1.807, 2.05) is 48.3 Å². The number of hydrogen-bond acceptors (Lipinski definition) is 6. The summed E-state index contributed by atoms with van der Waals surface area (Å²) in [5, 5.41) is 21.5. The number of nitrogens with one attached hydrogen (secondary N) is 2. The lowest BCUT2D eigenvalue weighted by Crippen LogP contribution is -2.29. The maximum atomic E-state index is 9.82. The van der Waals surface area contributed by atoms with Crippen molar-refractivity contribution in [1.29, 1.82) is 0 Å². The number of aromatic nitrogens is 3. The molecule has 0 saturated carbocycles. The number of aliphatic hydroxyl groups is 1. The maximum absolute atomic E-state index is 9.82. The predicted octanol–water partition coefficient (Wildman–Crippen LogP) is 2.68. The molecular formula is C20H27N5O2. The second-order valence-corrected chi connectivity index (χ2v) is 6.78. The Balaban J connectivity index is 1.95. The number of ether oxygens (including phenoxy) is 1. The highest BCUT2D eigenvalue weighted by Gasteiger charge is 2.14. The molecule has 3 N–H and O–H groups in total. The van der Waals surface area contributed by atoms with E-state index in [0.717, 1.165) is 28.0 Å². The fourth-order valence-electron chi connectivity index (χ4n) is 2.98. The molecule has 3 aromatic rings. The van der Waals surface area contributed by atoms with Crippen LogP contribution in [0.1, 0.15) is 19.9 Å². The zero-order valence-electron chi connectivity index (χ0n) is 16.2. The summed E-state index contributed by atoms with van der Waals surface area (Å²) in [6, 6.07) is 9.99. The van der Waals surface area contributed by atoms with Crippen molar-refractivity contribution in [3.05, 3.63) is 36.5 Å². The summed E-state index contributed by atoms with van der Waals surface area (Å²) >= 11 is 0. The number of hydrogen-bond donors (Lipinski definition) is 3. The SMILES string of the molecule is CNCC(O)COc1cccc(-c2cc(NC)c3cnn(C(C)C)c3n2)c1. The maximum Gasteiger partial charge on any atom is 0.160 e. The lowest BCUT2D eigenvalue weighted by atomic mass is 10.1. The van der Waals surface area contributed by atoms with E-state index in [-0.39, 0.29) is 12.6 Å². The van der Waals surface area contributed by atoms with Gasteiger partial charge >= 0.3 is 0 Å². The molecule has 2 aromatic heterocycles. The van der Waals surface area contributed by atoms with Gasteiger partial charge in [-0.05, 0) is 39.1 Å². The van der Waals surface area contributed by atoms with E-state index in [1.54, 1.807) is 7.05 Å². The van der Waals surface area contributed by atoms with Crippen molar-refractivity contribution in [2.45, 2.75) is 26.0 Å². The minimum atomic E-state index is -0.551. The van der Waals surface area contributed by atoms with Crippen LogP contribution in [0.5, 0.6) is 5.75 Å². The van der Waals surface area contributed by atoms with Crippen LogP contribution in [0.2, 0.25) is 0 Å². The number of fused-ring (bicyclic) bond motifs is 1. The van der Waals surface area contributed by atoms with E-state index in [1.165, 1.54) is 0 Å². The van der Waals surface area contributed by atoms with Crippen LogP contribution in [-0.2, 0) is 0 Å². The smallest absolute Gasteiger partial charge is 0.160 e. The Labute approximate surface area is 159 Å². The van der Waals surface area contributed by atoms with Gasteiger partial charge in [-0.1, -0.05) is 12.1 Å². The molecule has 1 atom stereocenters. The van der Waals surface area contributed by atoms with Crippen LogP contribution in [-0.4, -0.2) is 53.2 Å². The van der Waals surface area contributed by atoms with Gasteiger partial charge in [0, 0.05) is 30.9 Å². The van der Waals surface area contributed by atoms with Crippen LogP contribution < -0.4 is 15.4 Å². The Morgan fingerprint density at radius 2 is 2.04 bits per heavy atom. The number of aliphatic hydroxyl groups excluding tert-OH is 1. The largest absolute Gasteiger partial charge is 0.491 e.